The van der Waals surface area contributed by atoms with Gasteiger partial charge in [-0.15, -0.1) is 0 Å². The molecular weight excluding hydrogens is 320 g/mol. The van der Waals surface area contributed by atoms with Crippen molar-refractivity contribution in [1.29, 1.82) is 0 Å². The van der Waals surface area contributed by atoms with E-state index >= 15 is 0 Å². The number of nitrogens with one attached hydrogen (secondary N) is 1. The maximum Gasteiger partial charge on any atom is 0.226 e. The summed E-state index contributed by atoms with van der Waals surface area (Å²) in [4.78, 5) is 8.17. The fourth-order valence-electron chi connectivity index (χ4n) is 1.85. The minimum absolute atomic E-state index is 0.184. The molecular formula is C14H17BrN4O. The van der Waals surface area contributed by atoms with Gasteiger partial charge in [0.15, 0.2) is 0 Å². The van der Waals surface area contributed by atoms with E-state index in [1.165, 1.54) is 0 Å². The minimum atomic E-state index is 0.184. The van der Waals surface area contributed by atoms with E-state index < -0.39 is 0 Å². The van der Waals surface area contributed by atoms with Crippen LogP contribution in [0.5, 0.6) is 11.6 Å². The Morgan fingerprint density at radius 1 is 1.20 bits per heavy atom. The number of nitrogens with zero attached hydrogens (tertiary/aromatic N) is 2. The SMILES string of the molecule is CCNc1cc(Oc2cc(C)c(Br)c(C)c2)nc(N)n1. The quantitative estimate of drug-likeness (QED) is 0.891. The molecule has 0 radical (unpaired) electrons. The number of nitrogen functional groups attached to an aromatic ring is 1. The highest BCUT2D eigenvalue weighted by molar-refractivity contribution is 9.10. The van der Waals surface area contributed by atoms with Crippen molar-refractivity contribution in [3.63, 3.8) is 0 Å². The van der Waals surface area contributed by atoms with Crippen LogP contribution in [-0.4, -0.2) is 16.5 Å². The molecule has 0 aliphatic rings. The van der Waals surface area contributed by atoms with Crippen molar-refractivity contribution >= 4 is 27.7 Å². The summed E-state index contributed by atoms with van der Waals surface area (Å²) in [5.74, 6) is 1.99. The zero-order chi connectivity index (χ0) is 14.7. The van der Waals surface area contributed by atoms with Gasteiger partial charge in [0.2, 0.25) is 11.8 Å². The molecule has 0 aliphatic carbocycles. The molecule has 0 bridgehead atoms. The van der Waals surface area contributed by atoms with Crippen LogP contribution >= 0.6 is 15.9 Å². The molecule has 0 aliphatic heterocycles. The average Bonchev–Trinajstić information content (AvgIpc) is 2.35. The van der Waals surface area contributed by atoms with Crippen molar-refractivity contribution in [3.8, 4) is 11.6 Å². The van der Waals surface area contributed by atoms with E-state index in [-0.39, 0.29) is 5.95 Å². The Kier molecular flexibility index (Phi) is 4.44. The summed E-state index contributed by atoms with van der Waals surface area (Å²) in [6, 6.07) is 5.62. The molecule has 0 fully saturated rings. The Bertz CT molecular complexity index is 608. The molecule has 1 aromatic carbocycles. The van der Waals surface area contributed by atoms with Gasteiger partial charge in [0.05, 0.1) is 0 Å². The fraction of sp³-hybridized carbons (Fsp3) is 0.286. The second-order valence-corrected chi connectivity index (χ2v) is 5.25. The lowest BCUT2D eigenvalue weighted by Gasteiger charge is -2.10. The predicted molar refractivity (Wildman–Crippen MR) is 84.3 cm³/mol. The first-order chi connectivity index (χ1) is 9.49. The van der Waals surface area contributed by atoms with Crippen molar-refractivity contribution in [1.82, 2.24) is 9.97 Å². The van der Waals surface area contributed by atoms with Crippen molar-refractivity contribution in [3.05, 3.63) is 33.8 Å². The molecule has 0 saturated heterocycles. The van der Waals surface area contributed by atoms with Gasteiger partial charge in [-0.3, -0.25) is 0 Å². The third-order valence-electron chi connectivity index (χ3n) is 2.71. The van der Waals surface area contributed by atoms with Gasteiger partial charge in [0.25, 0.3) is 0 Å². The normalized spacial score (nSPS) is 10.4. The Labute approximate surface area is 126 Å². The number of hydrogen-bond donors (Lipinski definition) is 2. The average molecular weight is 337 g/mol. The predicted octanol–water partition coefficient (Wildman–Crippen LogP) is 3.66. The van der Waals surface area contributed by atoms with Gasteiger partial charge >= 0.3 is 0 Å². The van der Waals surface area contributed by atoms with Gasteiger partial charge in [0, 0.05) is 17.1 Å². The third kappa shape index (κ3) is 3.39. The zero-order valence-corrected chi connectivity index (χ0v) is 13.3. The lowest BCUT2D eigenvalue weighted by atomic mass is 10.1. The van der Waals surface area contributed by atoms with Crippen molar-refractivity contribution < 1.29 is 4.74 Å². The number of nitrogens with two attached hydrogens (primary N) is 1. The Morgan fingerprint density at radius 3 is 2.45 bits per heavy atom. The number of halogens is 1. The van der Waals surface area contributed by atoms with E-state index in [4.69, 9.17) is 10.5 Å². The largest absolute Gasteiger partial charge is 0.439 e. The Morgan fingerprint density at radius 2 is 1.85 bits per heavy atom. The van der Waals surface area contributed by atoms with Crippen LogP contribution in [0.25, 0.3) is 0 Å². The molecule has 3 N–H and O–H groups in total. The topological polar surface area (TPSA) is 73.1 Å². The van der Waals surface area contributed by atoms with Gasteiger partial charge in [-0.25, -0.2) is 0 Å². The Balaban J connectivity index is 2.30. The number of aromatic nitrogens is 2. The van der Waals surface area contributed by atoms with Crippen molar-refractivity contribution in [2.45, 2.75) is 20.8 Å². The molecule has 0 unspecified atom stereocenters. The second-order valence-electron chi connectivity index (χ2n) is 4.45. The Hall–Kier alpha value is -1.82. The van der Waals surface area contributed by atoms with E-state index in [0.717, 1.165) is 27.9 Å². The summed E-state index contributed by atoms with van der Waals surface area (Å²) in [7, 11) is 0. The molecule has 0 amide bonds. The number of rotatable bonds is 4. The molecule has 0 spiro atoms. The van der Waals surface area contributed by atoms with Gasteiger partial charge in [-0.2, -0.15) is 9.97 Å². The standard InChI is InChI=1S/C14H17BrN4O/c1-4-17-11-7-12(19-14(16)18-11)20-10-5-8(2)13(15)9(3)6-10/h5-7H,4H2,1-3H3,(H3,16,17,18,19). The minimum Gasteiger partial charge on any atom is -0.439 e. The molecule has 5 nitrogen and oxygen atoms in total. The van der Waals surface area contributed by atoms with Crippen LogP contribution in [0, 0.1) is 13.8 Å². The zero-order valence-electron chi connectivity index (χ0n) is 11.7. The van der Waals surface area contributed by atoms with Crippen molar-refractivity contribution in [2.75, 3.05) is 17.6 Å². The number of hydrogen-bond acceptors (Lipinski definition) is 5. The number of aryl methyl sites for hydroxylation is 2. The molecule has 0 saturated carbocycles. The van der Waals surface area contributed by atoms with Crippen LogP contribution < -0.4 is 15.8 Å². The van der Waals surface area contributed by atoms with E-state index in [1.807, 2.05) is 32.9 Å². The van der Waals surface area contributed by atoms with E-state index in [1.54, 1.807) is 6.07 Å². The molecule has 1 heterocycles. The summed E-state index contributed by atoms with van der Waals surface area (Å²) in [5.41, 5.74) is 7.89. The molecule has 2 rings (SSSR count). The van der Waals surface area contributed by atoms with Gasteiger partial charge in [-0.1, -0.05) is 15.9 Å². The summed E-state index contributed by atoms with van der Waals surface area (Å²) >= 11 is 3.53. The highest BCUT2D eigenvalue weighted by atomic mass is 79.9. The lowest BCUT2D eigenvalue weighted by Crippen LogP contribution is -2.04. The fourth-order valence-corrected chi connectivity index (χ4v) is 2.08. The second kappa shape index (κ2) is 6.09. The van der Waals surface area contributed by atoms with E-state index in [9.17, 15) is 0 Å². The van der Waals surface area contributed by atoms with E-state index in [0.29, 0.717) is 11.7 Å². The number of anilines is 2. The molecule has 2 aromatic rings. The van der Waals surface area contributed by atoms with Gasteiger partial charge in [0.1, 0.15) is 11.6 Å². The molecule has 1 aromatic heterocycles. The van der Waals surface area contributed by atoms with Gasteiger partial charge < -0.3 is 15.8 Å². The first-order valence-electron chi connectivity index (χ1n) is 6.32. The maximum atomic E-state index is 5.77. The van der Waals surface area contributed by atoms with Crippen LogP contribution in [0.2, 0.25) is 0 Å². The lowest BCUT2D eigenvalue weighted by molar-refractivity contribution is 0.462. The van der Waals surface area contributed by atoms with Crippen LogP contribution in [0.3, 0.4) is 0 Å². The molecule has 106 valence electrons. The van der Waals surface area contributed by atoms with E-state index in [2.05, 4.69) is 31.2 Å². The number of benzene rings is 1. The summed E-state index contributed by atoms with van der Waals surface area (Å²) in [6.45, 7) is 6.78. The van der Waals surface area contributed by atoms with Crippen LogP contribution in [-0.2, 0) is 0 Å². The van der Waals surface area contributed by atoms with Crippen molar-refractivity contribution in [2.24, 2.45) is 0 Å². The summed E-state index contributed by atoms with van der Waals surface area (Å²) in [5, 5.41) is 3.09. The third-order valence-corrected chi connectivity index (χ3v) is 3.96. The highest BCUT2D eigenvalue weighted by Gasteiger charge is 2.07. The molecule has 20 heavy (non-hydrogen) atoms. The number of ether oxygens (including phenoxy) is 1. The maximum absolute atomic E-state index is 5.77. The first kappa shape index (κ1) is 14.6. The monoisotopic (exact) mass is 336 g/mol. The summed E-state index contributed by atoms with van der Waals surface area (Å²) < 4.78 is 6.85. The van der Waals surface area contributed by atoms with Crippen LogP contribution in [0.15, 0.2) is 22.7 Å². The first-order valence-corrected chi connectivity index (χ1v) is 7.12. The summed E-state index contributed by atoms with van der Waals surface area (Å²) in [6.07, 6.45) is 0. The highest BCUT2D eigenvalue weighted by Crippen LogP contribution is 2.29. The molecule has 0 atom stereocenters. The van der Waals surface area contributed by atoms with Crippen LogP contribution in [0.4, 0.5) is 11.8 Å². The smallest absolute Gasteiger partial charge is 0.226 e. The van der Waals surface area contributed by atoms with Crippen LogP contribution in [0.1, 0.15) is 18.1 Å². The van der Waals surface area contributed by atoms with Gasteiger partial charge in [-0.05, 0) is 44.0 Å². The molecule has 6 heteroatoms.